The molecule has 0 aliphatic carbocycles. The molecule has 104 valence electrons. The van der Waals surface area contributed by atoms with Gasteiger partial charge in [-0.1, -0.05) is 64.0 Å². The molecule has 20 heavy (non-hydrogen) atoms. The molecule has 3 nitrogen and oxygen atoms in total. The molecule has 2 rings (SSSR count). The molecule has 0 heterocycles. The number of carboxylic acid groups (broad SMARTS) is 1. The first-order valence-electron chi connectivity index (χ1n) is 6.04. The lowest BCUT2D eigenvalue weighted by atomic mass is 9.85. The monoisotopic (exact) mass is 385 g/mol. The van der Waals surface area contributed by atoms with E-state index in [1.807, 2.05) is 60.7 Å². The van der Waals surface area contributed by atoms with Crippen LogP contribution in [0.5, 0.6) is 0 Å². The van der Waals surface area contributed by atoms with Gasteiger partial charge in [0, 0.05) is 5.92 Å². The van der Waals surface area contributed by atoms with Gasteiger partial charge in [0.1, 0.15) is 0 Å². The Labute approximate surface area is 130 Å². The van der Waals surface area contributed by atoms with Gasteiger partial charge in [0.2, 0.25) is 0 Å². The predicted octanol–water partition coefficient (Wildman–Crippen LogP) is 3.81. The van der Waals surface area contributed by atoms with Gasteiger partial charge in [-0.2, -0.15) is 0 Å². The number of hydrogen-bond donors (Lipinski definition) is 1. The summed E-state index contributed by atoms with van der Waals surface area (Å²) >= 11 is 1.37. The lowest BCUT2D eigenvalue weighted by Gasteiger charge is -2.26. The van der Waals surface area contributed by atoms with Crippen molar-refractivity contribution in [2.75, 3.05) is 0 Å². The van der Waals surface area contributed by atoms with Gasteiger partial charge in [-0.3, -0.25) is 4.79 Å². The average molecular weight is 385 g/mol. The van der Waals surface area contributed by atoms with E-state index >= 15 is 0 Å². The summed E-state index contributed by atoms with van der Waals surface area (Å²) in [5.41, 5.74) is 1.54. The van der Waals surface area contributed by atoms with Crippen molar-refractivity contribution in [3.05, 3.63) is 71.8 Å². The van der Waals surface area contributed by atoms with E-state index in [4.69, 9.17) is 0 Å². The van der Waals surface area contributed by atoms with Gasteiger partial charge in [-0.15, -0.1) is 4.48 Å². The Hall–Kier alpha value is -1.47. The highest BCUT2D eigenvalue weighted by Gasteiger charge is 2.35. The third-order valence-electron chi connectivity index (χ3n) is 3.10. The third-order valence-corrected chi connectivity index (χ3v) is 3.70. The van der Waals surface area contributed by atoms with E-state index < -0.39 is 17.9 Å². The molecule has 5 heteroatoms. The van der Waals surface area contributed by atoms with Crippen LogP contribution in [0.4, 0.5) is 4.48 Å². The Morgan fingerprint density at radius 1 is 1.00 bits per heavy atom. The van der Waals surface area contributed by atoms with Crippen LogP contribution in [0.2, 0.25) is 0 Å². The van der Waals surface area contributed by atoms with Crippen LogP contribution in [0.25, 0.3) is 0 Å². The maximum absolute atomic E-state index is 13.7. The molecule has 0 saturated heterocycles. The molecule has 0 aliphatic rings. The smallest absolute Gasteiger partial charge is 0.325 e. The van der Waals surface area contributed by atoms with Gasteiger partial charge >= 0.3 is 5.97 Å². The highest BCUT2D eigenvalue weighted by atomic mass is 127. The topological polar surface area (TPSA) is 40.5 Å². The zero-order valence-electron chi connectivity index (χ0n) is 10.5. The minimum absolute atomic E-state index is 0.227. The largest absolute Gasteiger partial charge is 0.480 e. The second-order valence-corrected chi connectivity index (χ2v) is 5.26. The molecule has 2 aromatic rings. The van der Waals surface area contributed by atoms with Crippen LogP contribution in [0.3, 0.4) is 0 Å². The lowest BCUT2D eigenvalue weighted by molar-refractivity contribution is -0.144. The van der Waals surface area contributed by atoms with E-state index in [1.165, 1.54) is 22.9 Å². The number of carbonyl (C=O) groups is 1. The van der Waals surface area contributed by atoms with Crippen LogP contribution in [-0.2, 0) is 4.79 Å². The first-order valence-corrected chi connectivity index (χ1v) is 7.01. The van der Waals surface area contributed by atoms with Gasteiger partial charge in [0.15, 0.2) is 6.04 Å². The zero-order valence-corrected chi connectivity index (χ0v) is 12.6. The molecule has 0 amide bonds. The average Bonchev–Trinajstić information content (AvgIpc) is 2.45. The molecule has 1 atom stereocenters. The second kappa shape index (κ2) is 6.81. The number of halogens is 2. The highest BCUT2D eigenvalue weighted by molar-refractivity contribution is 14.1. The van der Waals surface area contributed by atoms with Crippen molar-refractivity contribution in [3.8, 4) is 0 Å². The third kappa shape index (κ3) is 3.34. The summed E-state index contributed by atoms with van der Waals surface area (Å²) in [7, 11) is 0. The van der Waals surface area contributed by atoms with Crippen molar-refractivity contribution in [2.24, 2.45) is 0 Å². The Kier molecular flexibility index (Phi) is 5.08. The van der Waals surface area contributed by atoms with Crippen molar-refractivity contribution in [1.82, 2.24) is 3.34 Å². The molecule has 0 radical (unpaired) electrons. The first kappa shape index (κ1) is 14.9. The molecule has 0 fully saturated rings. The first-order chi connectivity index (χ1) is 9.61. The Bertz CT molecular complexity index is 523. The molecule has 0 aliphatic heterocycles. The fourth-order valence-electron chi connectivity index (χ4n) is 2.22. The molecule has 0 bridgehead atoms. The van der Waals surface area contributed by atoms with Crippen molar-refractivity contribution in [2.45, 2.75) is 12.0 Å². The molecular formula is C15H13FINO2. The van der Waals surface area contributed by atoms with Crippen LogP contribution in [0.15, 0.2) is 60.7 Å². The SMILES string of the molecule is O=C(O)[C@H](C(c1ccccc1)c1ccccc1)N(F)I. The Morgan fingerprint density at radius 2 is 1.40 bits per heavy atom. The lowest BCUT2D eigenvalue weighted by Crippen LogP contribution is -2.36. The molecular weight excluding hydrogens is 372 g/mol. The highest BCUT2D eigenvalue weighted by Crippen LogP contribution is 2.32. The van der Waals surface area contributed by atoms with Crippen molar-refractivity contribution in [3.63, 3.8) is 0 Å². The Balaban J connectivity index is 2.52. The van der Waals surface area contributed by atoms with Gasteiger partial charge in [0.25, 0.3) is 0 Å². The maximum Gasteiger partial charge on any atom is 0.325 e. The number of rotatable bonds is 5. The fourth-order valence-corrected chi connectivity index (χ4v) is 2.78. The summed E-state index contributed by atoms with van der Waals surface area (Å²) in [6.07, 6.45) is 0. The summed E-state index contributed by atoms with van der Waals surface area (Å²) in [5.74, 6) is -1.77. The summed E-state index contributed by atoms with van der Waals surface area (Å²) < 4.78 is 13.9. The van der Waals surface area contributed by atoms with Crippen molar-refractivity contribution >= 4 is 28.8 Å². The Morgan fingerprint density at radius 3 is 1.70 bits per heavy atom. The van der Waals surface area contributed by atoms with Crippen LogP contribution in [0.1, 0.15) is 17.0 Å². The van der Waals surface area contributed by atoms with E-state index in [1.54, 1.807) is 0 Å². The zero-order chi connectivity index (χ0) is 14.5. The van der Waals surface area contributed by atoms with Crippen molar-refractivity contribution in [1.29, 1.82) is 0 Å². The van der Waals surface area contributed by atoms with Gasteiger partial charge < -0.3 is 5.11 Å². The second-order valence-electron chi connectivity index (χ2n) is 4.34. The molecule has 1 N–H and O–H groups in total. The molecule has 0 saturated carbocycles. The number of hydrogen-bond acceptors (Lipinski definition) is 2. The minimum atomic E-state index is -1.28. The summed E-state index contributed by atoms with van der Waals surface area (Å²) in [5, 5.41) is 9.35. The maximum atomic E-state index is 13.7. The van der Waals surface area contributed by atoms with Crippen molar-refractivity contribution < 1.29 is 14.4 Å². The molecule has 0 aromatic heterocycles. The van der Waals surface area contributed by atoms with Crippen LogP contribution >= 0.6 is 22.9 Å². The molecule has 2 aromatic carbocycles. The van der Waals surface area contributed by atoms with E-state index in [-0.39, 0.29) is 3.34 Å². The summed E-state index contributed by atoms with van der Waals surface area (Å²) in [6, 6.07) is 16.9. The number of benzene rings is 2. The van der Waals surface area contributed by atoms with E-state index in [9.17, 15) is 14.4 Å². The molecule has 0 unspecified atom stereocenters. The molecule has 0 spiro atoms. The van der Waals surface area contributed by atoms with Crippen LogP contribution < -0.4 is 0 Å². The summed E-state index contributed by atoms with van der Waals surface area (Å²) in [6.45, 7) is 0. The van der Waals surface area contributed by atoms with Gasteiger partial charge in [0.05, 0.1) is 22.9 Å². The minimum Gasteiger partial charge on any atom is -0.480 e. The van der Waals surface area contributed by atoms with Gasteiger partial charge in [-0.05, 0) is 11.1 Å². The standard InChI is InChI=1S/C15H13FINO2/c16-18(17)14(15(19)20)13(11-7-3-1-4-8-11)12-9-5-2-6-10-12/h1-10,13-14H,(H,19,20)/t14-/m0/s1. The number of aliphatic carboxylic acids is 1. The van der Waals surface area contributed by atoms with E-state index in [0.717, 1.165) is 11.1 Å². The van der Waals surface area contributed by atoms with Crippen LogP contribution in [0, 0.1) is 0 Å². The van der Waals surface area contributed by atoms with Crippen LogP contribution in [-0.4, -0.2) is 20.5 Å². The quantitative estimate of drug-likeness (QED) is 0.629. The summed E-state index contributed by atoms with van der Waals surface area (Å²) in [4.78, 5) is 11.4. The van der Waals surface area contributed by atoms with E-state index in [0.29, 0.717) is 0 Å². The van der Waals surface area contributed by atoms with Gasteiger partial charge in [-0.25, -0.2) is 0 Å². The number of nitrogens with zero attached hydrogens (tertiary/aromatic N) is 1. The number of carboxylic acids is 1. The normalized spacial score (nSPS) is 12.6. The predicted molar refractivity (Wildman–Crippen MR) is 83.1 cm³/mol. The van der Waals surface area contributed by atoms with E-state index in [2.05, 4.69) is 0 Å². The fraction of sp³-hybridized carbons (Fsp3) is 0.133.